The summed E-state index contributed by atoms with van der Waals surface area (Å²) in [7, 11) is -3.32. The van der Waals surface area contributed by atoms with E-state index < -0.39 is 15.2 Å². The van der Waals surface area contributed by atoms with Gasteiger partial charge in [0.2, 0.25) is 0 Å². The number of nitrogen functional groups attached to an aromatic ring is 1. The lowest BCUT2D eigenvalue weighted by Gasteiger charge is -2.34. The molecule has 2 rings (SSSR count). The Labute approximate surface area is 133 Å². The number of thioether (sulfide) groups is 1. The van der Waals surface area contributed by atoms with Crippen LogP contribution >= 0.6 is 23.4 Å². The van der Waals surface area contributed by atoms with E-state index in [1.807, 2.05) is 0 Å². The first-order valence-electron chi connectivity index (χ1n) is 6.52. The summed E-state index contributed by atoms with van der Waals surface area (Å²) in [6, 6.07) is 4.61. The van der Waals surface area contributed by atoms with E-state index in [0.29, 0.717) is 28.6 Å². The molecule has 116 valence electrons. The molecule has 1 amide bonds. The van der Waals surface area contributed by atoms with Crippen molar-refractivity contribution in [3.8, 4) is 0 Å². The van der Waals surface area contributed by atoms with Crippen LogP contribution in [-0.4, -0.2) is 48.4 Å². The van der Waals surface area contributed by atoms with Gasteiger partial charge >= 0.3 is 0 Å². The number of carbonyl (C=O) groups excluding carboxylic acids is 1. The van der Waals surface area contributed by atoms with Crippen molar-refractivity contribution in [3.63, 3.8) is 0 Å². The summed E-state index contributed by atoms with van der Waals surface area (Å²) in [5.74, 6) is 0.832. The monoisotopic (exact) mass is 348 g/mol. The number of amides is 1. The van der Waals surface area contributed by atoms with Crippen molar-refractivity contribution >= 4 is 44.8 Å². The second-order valence-corrected chi connectivity index (χ2v) is 8.72. The summed E-state index contributed by atoms with van der Waals surface area (Å²) in [5.41, 5.74) is 6.38. The van der Waals surface area contributed by atoms with Crippen molar-refractivity contribution in [2.24, 2.45) is 0 Å². The second kappa shape index (κ2) is 6.46. The van der Waals surface area contributed by atoms with Gasteiger partial charge in [0.25, 0.3) is 5.91 Å². The first-order chi connectivity index (χ1) is 9.86. The Kier molecular flexibility index (Phi) is 5.06. The van der Waals surface area contributed by atoms with Crippen molar-refractivity contribution < 1.29 is 13.2 Å². The Morgan fingerprint density at radius 1 is 1.52 bits per heavy atom. The number of sulfone groups is 1. The van der Waals surface area contributed by atoms with Gasteiger partial charge in [-0.2, -0.15) is 11.8 Å². The highest BCUT2D eigenvalue weighted by atomic mass is 35.5. The van der Waals surface area contributed by atoms with Gasteiger partial charge in [-0.05, 0) is 18.2 Å². The van der Waals surface area contributed by atoms with Crippen LogP contribution in [0.4, 0.5) is 5.69 Å². The molecule has 1 aromatic carbocycles. The second-order valence-electron chi connectivity index (χ2n) is 4.72. The maximum absolute atomic E-state index is 12.6. The molecule has 1 saturated heterocycles. The highest BCUT2D eigenvalue weighted by molar-refractivity contribution is 8.01. The quantitative estimate of drug-likeness (QED) is 0.843. The Morgan fingerprint density at radius 2 is 2.24 bits per heavy atom. The Bertz CT molecular complexity index is 649. The van der Waals surface area contributed by atoms with E-state index in [9.17, 15) is 13.2 Å². The van der Waals surface area contributed by atoms with Crippen molar-refractivity contribution in [3.05, 3.63) is 28.8 Å². The van der Waals surface area contributed by atoms with Crippen molar-refractivity contribution in [1.29, 1.82) is 0 Å². The van der Waals surface area contributed by atoms with Gasteiger partial charge in [0.05, 0.1) is 10.7 Å². The van der Waals surface area contributed by atoms with E-state index >= 15 is 0 Å². The maximum atomic E-state index is 12.6. The molecule has 0 radical (unpaired) electrons. The van der Waals surface area contributed by atoms with Crippen LogP contribution in [0.3, 0.4) is 0 Å². The number of nitrogens with zero attached hydrogens (tertiary/aromatic N) is 1. The van der Waals surface area contributed by atoms with E-state index in [-0.39, 0.29) is 11.7 Å². The molecular formula is C13H17ClN2O3S2. The van der Waals surface area contributed by atoms with Crippen LogP contribution in [0.5, 0.6) is 0 Å². The molecule has 1 aromatic rings. The third-order valence-electron chi connectivity index (χ3n) is 3.41. The zero-order valence-corrected chi connectivity index (χ0v) is 14.0. The van der Waals surface area contributed by atoms with Crippen LogP contribution in [-0.2, 0) is 9.84 Å². The Hall–Kier alpha value is -0.920. The third kappa shape index (κ3) is 3.46. The fourth-order valence-electron chi connectivity index (χ4n) is 2.13. The average Bonchev–Trinajstić information content (AvgIpc) is 2.49. The molecule has 0 saturated carbocycles. The predicted octanol–water partition coefficient (Wildman–Crippen LogP) is 1.87. The lowest BCUT2D eigenvalue weighted by Crippen LogP contribution is -2.50. The van der Waals surface area contributed by atoms with Crippen LogP contribution in [0.1, 0.15) is 17.3 Å². The molecule has 1 fully saturated rings. The number of rotatable bonds is 3. The van der Waals surface area contributed by atoms with E-state index in [2.05, 4.69) is 0 Å². The number of carbonyl (C=O) groups is 1. The van der Waals surface area contributed by atoms with Gasteiger partial charge in [-0.3, -0.25) is 4.79 Å². The Morgan fingerprint density at radius 3 is 2.86 bits per heavy atom. The molecule has 2 N–H and O–H groups in total. The van der Waals surface area contributed by atoms with E-state index in [1.165, 1.54) is 11.0 Å². The lowest BCUT2D eigenvalue weighted by atomic mass is 10.2. The number of benzene rings is 1. The standard InChI is InChI=1S/C13H17ClN2O3S2/c1-2-21(18,19)12-8-20-6-5-16(12)13(17)9-3-4-11(15)10(14)7-9/h3-4,7,12H,2,5-6,8,15H2,1H3. The summed E-state index contributed by atoms with van der Waals surface area (Å²) in [4.78, 5) is 14.0. The SMILES string of the molecule is CCS(=O)(=O)C1CSCCN1C(=O)c1ccc(N)c(Cl)c1. The summed E-state index contributed by atoms with van der Waals surface area (Å²) in [6.45, 7) is 2.01. The minimum absolute atomic E-state index is 0.0184. The van der Waals surface area contributed by atoms with Crippen LogP contribution in [0, 0.1) is 0 Å². The molecule has 8 heteroatoms. The van der Waals surface area contributed by atoms with Gasteiger partial charge in [0.1, 0.15) is 5.37 Å². The third-order valence-corrected chi connectivity index (χ3v) is 7.03. The van der Waals surface area contributed by atoms with Gasteiger partial charge in [-0.15, -0.1) is 0 Å². The van der Waals surface area contributed by atoms with Crippen LogP contribution in [0.2, 0.25) is 5.02 Å². The smallest absolute Gasteiger partial charge is 0.255 e. The van der Waals surface area contributed by atoms with Gasteiger partial charge in [0.15, 0.2) is 9.84 Å². The van der Waals surface area contributed by atoms with Crippen LogP contribution < -0.4 is 5.73 Å². The van der Waals surface area contributed by atoms with Gasteiger partial charge < -0.3 is 10.6 Å². The number of anilines is 1. The highest BCUT2D eigenvalue weighted by Crippen LogP contribution is 2.25. The maximum Gasteiger partial charge on any atom is 0.255 e. The zero-order chi connectivity index (χ0) is 15.6. The minimum atomic E-state index is -3.32. The summed E-state index contributed by atoms with van der Waals surface area (Å²) in [6.07, 6.45) is 0. The molecule has 1 aliphatic heterocycles. The normalized spacial score (nSPS) is 19.5. The minimum Gasteiger partial charge on any atom is -0.398 e. The van der Waals surface area contributed by atoms with Gasteiger partial charge in [-0.25, -0.2) is 8.42 Å². The van der Waals surface area contributed by atoms with E-state index in [0.717, 1.165) is 5.75 Å². The molecular weight excluding hydrogens is 332 g/mol. The summed E-state index contributed by atoms with van der Waals surface area (Å²) >= 11 is 7.48. The molecule has 0 aromatic heterocycles. The zero-order valence-electron chi connectivity index (χ0n) is 11.6. The topological polar surface area (TPSA) is 80.5 Å². The summed E-state index contributed by atoms with van der Waals surface area (Å²) in [5, 5.41) is -0.479. The lowest BCUT2D eigenvalue weighted by molar-refractivity contribution is 0.0749. The molecule has 1 unspecified atom stereocenters. The van der Waals surface area contributed by atoms with Gasteiger partial charge in [-0.1, -0.05) is 18.5 Å². The number of hydrogen-bond donors (Lipinski definition) is 1. The summed E-state index contributed by atoms with van der Waals surface area (Å²) < 4.78 is 24.3. The molecule has 1 atom stereocenters. The van der Waals surface area contributed by atoms with E-state index in [4.69, 9.17) is 17.3 Å². The number of nitrogens with two attached hydrogens (primary N) is 1. The molecule has 0 bridgehead atoms. The molecule has 0 spiro atoms. The molecule has 1 heterocycles. The van der Waals surface area contributed by atoms with Crippen molar-refractivity contribution in [2.45, 2.75) is 12.3 Å². The Balaban J connectivity index is 2.33. The fraction of sp³-hybridized carbons (Fsp3) is 0.462. The molecule has 5 nitrogen and oxygen atoms in total. The first kappa shape index (κ1) is 16.5. The largest absolute Gasteiger partial charge is 0.398 e. The fourth-order valence-corrected chi connectivity index (χ4v) is 5.28. The number of hydrogen-bond acceptors (Lipinski definition) is 5. The molecule has 0 aliphatic carbocycles. The highest BCUT2D eigenvalue weighted by Gasteiger charge is 2.36. The van der Waals surface area contributed by atoms with Crippen molar-refractivity contribution in [2.75, 3.05) is 29.5 Å². The van der Waals surface area contributed by atoms with Crippen LogP contribution in [0.15, 0.2) is 18.2 Å². The average molecular weight is 349 g/mol. The van der Waals surface area contributed by atoms with Crippen LogP contribution in [0.25, 0.3) is 0 Å². The van der Waals surface area contributed by atoms with E-state index in [1.54, 1.807) is 30.8 Å². The first-order valence-corrected chi connectivity index (χ1v) is 9.77. The number of halogens is 1. The molecule has 21 heavy (non-hydrogen) atoms. The van der Waals surface area contributed by atoms with Crippen molar-refractivity contribution in [1.82, 2.24) is 4.90 Å². The molecule has 1 aliphatic rings. The van der Waals surface area contributed by atoms with Gasteiger partial charge in [0, 0.05) is 29.4 Å². The predicted molar refractivity (Wildman–Crippen MR) is 87.5 cm³/mol.